The van der Waals surface area contributed by atoms with E-state index >= 15 is 0 Å². The van der Waals surface area contributed by atoms with Crippen molar-refractivity contribution < 1.29 is 19.4 Å². The van der Waals surface area contributed by atoms with Crippen LogP contribution < -0.4 is 0 Å². The smallest absolute Gasteiger partial charge is 0.325 e. The lowest BCUT2D eigenvalue weighted by molar-refractivity contribution is -0.141. The number of ether oxygens (including phenoxy) is 1. The van der Waals surface area contributed by atoms with Gasteiger partial charge in [0, 0.05) is 4.47 Å². The number of thioether (sulfide) groups is 1. The number of rotatable bonds is 5. The van der Waals surface area contributed by atoms with E-state index in [2.05, 4.69) is 25.7 Å². The van der Waals surface area contributed by atoms with Gasteiger partial charge in [0.15, 0.2) is 5.16 Å². The van der Waals surface area contributed by atoms with Gasteiger partial charge in [0.1, 0.15) is 6.54 Å². The molecule has 1 heterocycles. The van der Waals surface area contributed by atoms with Gasteiger partial charge >= 0.3 is 11.9 Å². The maximum atomic E-state index is 11.5. The Morgan fingerprint density at radius 2 is 2.25 bits per heavy atom. The first-order valence-corrected chi connectivity index (χ1v) is 7.36. The van der Waals surface area contributed by atoms with Crippen LogP contribution in [0, 0.1) is 0 Å². The monoisotopic (exact) mass is 358 g/mol. The Kier molecular flexibility index (Phi) is 4.66. The minimum Gasteiger partial charge on any atom is -0.481 e. The van der Waals surface area contributed by atoms with Crippen molar-refractivity contribution in [2.75, 3.05) is 12.9 Å². The molecule has 0 fully saturated rings. The zero-order chi connectivity index (χ0) is 14.7. The summed E-state index contributed by atoms with van der Waals surface area (Å²) in [6.07, 6.45) is 0. The highest BCUT2D eigenvalue weighted by Crippen LogP contribution is 2.26. The molecule has 0 bridgehead atoms. The van der Waals surface area contributed by atoms with E-state index < -0.39 is 11.9 Å². The van der Waals surface area contributed by atoms with Crippen molar-refractivity contribution in [2.45, 2.75) is 11.7 Å². The number of benzene rings is 1. The minimum atomic E-state index is -0.937. The number of methoxy groups -OCH3 is 1. The highest BCUT2D eigenvalue weighted by atomic mass is 79.9. The Morgan fingerprint density at radius 3 is 2.90 bits per heavy atom. The van der Waals surface area contributed by atoms with Crippen molar-refractivity contribution in [3.8, 4) is 0 Å². The number of carboxylic acids is 1. The summed E-state index contributed by atoms with van der Waals surface area (Å²) in [5.41, 5.74) is 1.45. The second-order valence-electron chi connectivity index (χ2n) is 3.87. The Hall–Kier alpha value is -1.54. The molecule has 0 saturated carbocycles. The lowest BCUT2D eigenvalue weighted by Gasteiger charge is -2.06. The summed E-state index contributed by atoms with van der Waals surface area (Å²) in [6, 6.07) is 5.47. The molecule has 0 aliphatic heterocycles. The van der Waals surface area contributed by atoms with Crippen LogP contribution in [0.4, 0.5) is 0 Å². The Balaban J connectivity index is 2.45. The number of carboxylic acid groups (broad SMARTS) is 1. The molecule has 1 N–H and O–H groups in total. The Bertz CT molecular complexity index is 671. The van der Waals surface area contributed by atoms with Crippen LogP contribution in [-0.2, 0) is 20.9 Å². The van der Waals surface area contributed by atoms with Gasteiger partial charge in [-0.05, 0) is 18.2 Å². The third-order valence-electron chi connectivity index (χ3n) is 2.51. The average molecular weight is 359 g/mol. The molecule has 1 aromatic carbocycles. The molecular formula is C12H11BrN2O4S. The average Bonchev–Trinajstić information content (AvgIpc) is 2.74. The molecule has 1 aromatic heterocycles. The first-order valence-electron chi connectivity index (χ1n) is 5.58. The van der Waals surface area contributed by atoms with Crippen LogP contribution in [0.3, 0.4) is 0 Å². The van der Waals surface area contributed by atoms with E-state index in [9.17, 15) is 9.59 Å². The number of carbonyl (C=O) groups excluding carboxylic acids is 1. The molecule has 2 rings (SSSR count). The zero-order valence-electron chi connectivity index (χ0n) is 10.5. The van der Waals surface area contributed by atoms with Gasteiger partial charge in [-0.25, -0.2) is 4.98 Å². The molecule has 0 amide bonds. The predicted octanol–water partition coefficient (Wildman–Crippen LogP) is 2.15. The van der Waals surface area contributed by atoms with E-state index in [1.165, 1.54) is 7.11 Å². The topological polar surface area (TPSA) is 81.4 Å². The summed E-state index contributed by atoms with van der Waals surface area (Å²) in [7, 11) is 1.31. The summed E-state index contributed by atoms with van der Waals surface area (Å²) < 4.78 is 7.16. The summed E-state index contributed by atoms with van der Waals surface area (Å²) in [6.45, 7) is -0.00853. The third kappa shape index (κ3) is 3.31. The number of imidazole rings is 1. The fourth-order valence-electron chi connectivity index (χ4n) is 1.66. The molecule has 0 aliphatic rings. The molecule has 0 spiro atoms. The van der Waals surface area contributed by atoms with Gasteiger partial charge in [-0.2, -0.15) is 0 Å². The van der Waals surface area contributed by atoms with E-state index in [-0.39, 0.29) is 12.3 Å². The molecule has 0 radical (unpaired) electrons. The molecule has 2 aromatic rings. The van der Waals surface area contributed by atoms with Crippen molar-refractivity contribution in [3.63, 3.8) is 0 Å². The molecule has 8 heteroatoms. The summed E-state index contributed by atoms with van der Waals surface area (Å²) in [5, 5.41) is 9.23. The van der Waals surface area contributed by atoms with Crippen LogP contribution in [0.5, 0.6) is 0 Å². The predicted molar refractivity (Wildman–Crippen MR) is 77.8 cm³/mol. The summed E-state index contributed by atoms with van der Waals surface area (Å²) >= 11 is 4.43. The number of aliphatic carboxylic acids is 1. The van der Waals surface area contributed by atoms with Gasteiger partial charge in [-0.3, -0.25) is 9.59 Å². The van der Waals surface area contributed by atoms with E-state index in [1.807, 2.05) is 12.1 Å². The fraction of sp³-hybridized carbons (Fsp3) is 0.250. The SMILES string of the molecule is COC(=O)Cn1c(SCC(=O)O)nc2ccc(Br)cc21. The van der Waals surface area contributed by atoms with Gasteiger partial charge in [0.2, 0.25) is 0 Å². The highest BCUT2D eigenvalue weighted by molar-refractivity contribution is 9.10. The maximum Gasteiger partial charge on any atom is 0.325 e. The largest absolute Gasteiger partial charge is 0.481 e. The number of hydrogen-bond acceptors (Lipinski definition) is 5. The molecular weight excluding hydrogens is 348 g/mol. The van der Waals surface area contributed by atoms with E-state index in [0.29, 0.717) is 10.7 Å². The van der Waals surface area contributed by atoms with Crippen molar-refractivity contribution >= 4 is 50.7 Å². The summed E-state index contributed by atoms with van der Waals surface area (Å²) in [4.78, 5) is 26.5. The number of carbonyl (C=O) groups is 2. The molecule has 6 nitrogen and oxygen atoms in total. The minimum absolute atomic E-state index is 0.00853. The van der Waals surface area contributed by atoms with Crippen LogP contribution in [0.15, 0.2) is 27.8 Å². The molecule has 106 valence electrons. The van der Waals surface area contributed by atoms with Gasteiger partial charge in [0.25, 0.3) is 0 Å². The molecule has 20 heavy (non-hydrogen) atoms. The zero-order valence-corrected chi connectivity index (χ0v) is 12.9. The molecule has 0 aliphatic carbocycles. The van der Waals surface area contributed by atoms with E-state index in [1.54, 1.807) is 10.6 Å². The number of halogens is 1. The maximum absolute atomic E-state index is 11.5. The number of hydrogen-bond donors (Lipinski definition) is 1. The van der Waals surface area contributed by atoms with Crippen LogP contribution >= 0.6 is 27.7 Å². The van der Waals surface area contributed by atoms with Crippen molar-refractivity contribution in [2.24, 2.45) is 0 Å². The Morgan fingerprint density at radius 1 is 1.50 bits per heavy atom. The first-order chi connectivity index (χ1) is 9.51. The van der Waals surface area contributed by atoms with E-state index in [4.69, 9.17) is 5.11 Å². The molecule has 0 saturated heterocycles. The standard InChI is InChI=1S/C12H11BrN2O4S/c1-19-11(18)5-15-9-4-7(13)2-3-8(9)14-12(15)20-6-10(16)17/h2-4H,5-6H2,1H3,(H,16,17). The van der Waals surface area contributed by atoms with Crippen LogP contribution in [0.2, 0.25) is 0 Å². The van der Waals surface area contributed by atoms with Crippen molar-refractivity contribution in [3.05, 3.63) is 22.7 Å². The molecule has 0 atom stereocenters. The van der Waals surface area contributed by atoms with Crippen molar-refractivity contribution in [1.29, 1.82) is 0 Å². The van der Waals surface area contributed by atoms with Crippen LogP contribution in [0.1, 0.15) is 0 Å². The van der Waals surface area contributed by atoms with Crippen LogP contribution in [0.25, 0.3) is 11.0 Å². The lowest BCUT2D eigenvalue weighted by atomic mass is 10.3. The Labute approximate surface area is 127 Å². The number of fused-ring (bicyclic) bond motifs is 1. The fourth-order valence-corrected chi connectivity index (χ4v) is 2.74. The second kappa shape index (κ2) is 6.27. The number of aromatic nitrogens is 2. The quantitative estimate of drug-likeness (QED) is 0.651. The number of esters is 1. The van der Waals surface area contributed by atoms with Crippen molar-refractivity contribution in [1.82, 2.24) is 9.55 Å². The van der Waals surface area contributed by atoms with E-state index in [0.717, 1.165) is 21.8 Å². The summed E-state index contributed by atoms with van der Waals surface area (Å²) in [5.74, 6) is -1.47. The van der Waals surface area contributed by atoms with Gasteiger partial charge in [-0.1, -0.05) is 27.7 Å². The second-order valence-corrected chi connectivity index (χ2v) is 5.73. The normalized spacial score (nSPS) is 10.7. The highest BCUT2D eigenvalue weighted by Gasteiger charge is 2.15. The van der Waals surface area contributed by atoms with Gasteiger partial charge in [0.05, 0.1) is 23.9 Å². The first kappa shape index (κ1) is 14.9. The number of nitrogens with zero attached hydrogens (tertiary/aromatic N) is 2. The van der Waals surface area contributed by atoms with Gasteiger partial charge < -0.3 is 14.4 Å². The van der Waals surface area contributed by atoms with Crippen LogP contribution in [-0.4, -0.2) is 39.5 Å². The molecule has 0 unspecified atom stereocenters. The lowest BCUT2D eigenvalue weighted by Crippen LogP contribution is -2.13. The van der Waals surface area contributed by atoms with Gasteiger partial charge in [-0.15, -0.1) is 0 Å². The third-order valence-corrected chi connectivity index (χ3v) is 3.97.